The lowest BCUT2D eigenvalue weighted by atomic mass is 10.1. The van der Waals surface area contributed by atoms with Gasteiger partial charge < -0.3 is 9.47 Å². The Balaban J connectivity index is 1.87. The Bertz CT molecular complexity index is 964. The van der Waals surface area contributed by atoms with E-state index in [-0.39, 0.29) is 17.3 Å². The molecule has 0 atom stereocenters. The highest BCUT2D eigenvalue weighted by molar-refractivity contribution is 7.89. The van der Waals surface area contributed by atoms with E-state index in [4.69, 9.17) is 4.74 Å². The third-order valence-electron chi connectivity index (χ3n) is 3.75. The summed E-state index contributed by atoms with van der Waals surface area (Å²) in [6.07, 6.45) is 0. The molecule has 0 fully saturated rings. The molecule has 1 N–H and O–H groups in total. The molecular formula is C19H19NO7S. The molecule has 148 valence electrons. The van der Waals surface area contributed by atoms with Gasteiger partial charge in [0.1, 0.15) is 13.2 Å². The summed E-state index contributed by atoms with van der Waals surface area (Å²) >= 11 is 0. The van der Waals surface area contributed by atoms with Gasteiger partial charge in [0, 0.05) is 5.56 Å². The van der Waals surface area contributed by atoms with Crippen LogP contribution in [0, 0.1) is 0 Å². The van der Waals surface area contributed by atoms with E-state index in [1.807, 2.05) is 0 Å². The number of nitrogens with one attached hydrogen (secondary N) is 1. The van der Waals surface area contributed by atoms with Gasteiger partial charge in [-0.15, -0.1) is 0 Å². The van der Waals surface area contributed by atoms with Crippen LogP contribution < -0.4 is 4.72 Å². The van der Waals surface area contributed by atoms with Crippen molar-refractivity contribution in [3.63, 3.8) is 0 Å². The van der Waals surface area contributed by atoms with Gasteiger partial charge in [0.2, 0.25) is 10.0 Å². The van der Waals surface area contributed by atoms with Crippen molar-refractivity contribution in [1.82, 2.24) is 4.72 Å². The maximum atomic E-state index is 12.2. The van der Waals surface area contributed by atoms with Crippen LogP contribution >= 0.6 is 0 Å². The number of esters is 2. The Morgan fingerprint density at radius 3 is 2.04 bits per heavy atom. The molecule has 0 saturated heterocycles. The lowest BCUT2D eigenvalue weighted by molar-refractivity contribution is -0.143. The van der Waals surface area contributed by atoms with E-state index < -0.39 is 28.5 Å². The van der Waals surface area contributed by atoms with E-state index in [9.17, 15) is 22.8 Å². The molecule has 0 aliphatic carbocycles. The fourth-order valence-electron chi connectivity index (χ4n) is 2.18. The summed E-state index contributed by atoms with van der Waals surface area (Å²) in [6, 6.07) is 11.6. The van der Waals surface area contributed by atoms with Crippen LogP contribution in [0.3, 0.4) is 0 Å². The molecule has 8 nitrogen and oxygen atoms in total. The van der Waals surface area contributed by atoms with Gasteiger partial charge in [-0.25, -0.2) is 13.2 Å². The van der Waals surface area contributed by atoms with Gasteiger partial charge in [0.15, 0.2) is 5.78 Å². The van der Waals surface area contributed by atoms with Crippen LogP contribution in [0.15, 0.2) is 53.4 Å². The van der Waals surface area contributed by atoms with Gasteiger partial charge in [0.05, 0.1) is 17.6 Å². The van der Waals surface area contributed by atoms with Crippen molar-refractivity contribution in [1.29, 1.82) is 0 Å². The molecule has 0 radical (unpaired) electrons. The maximum absolute atomic E-state index is 12.2. The van der Waals surface area contributed by atoms with Gasteiger partial charge in [-0.3, -0.25) is 9.59 Å². The maximum Gasteiger partial charge on any atom is 0.337 e. The van der Waals surface area contributed by atoms with E-state index in [1.54, 1.807) is 12.1 Å². The molecule has 2 rings (SSSR count). The Morgan fingerprint density at radius 2 is 1.50 bits per heavy atom. The molecule has 0 aliphatic heterocycles. The fraction of sp³-hybridized carbons (Fsp3) is 0.211. The zero-order chi connectivity index (χ0) is 20.7. The summed E-state index contributed by atoms with van der Waals surface area (Å²) < 4.78 is 36.1. The second kappa shape index (κ2) is 9.25. The second-order valence-electron chi connectivity index (χ2n) is 5.75. The van der Waals surface area contributed by atoms with Crippen molar-refractivity contribution in [3.05, 3.63) is 65.2 Å². The molecule has 0 unspecified atom stereocenters. The number of sulfonamides is 1. The summed E-state index contributed by atoms with van der Waals surface area (Å²) in [5, 5.41) is 0. The van der Waals surface area contributed by atoms with Crippen LogP contribution in [-0.4, -0.2) is 39.8 Å². The quantitative estimate of drug-likeness (QED) is 0.525. The summed E-state index contributed by atoms with van der Waals surface area (Å²) in [5.74, 6) is -1.42. The van der Waals surface area contributed by atoms with Crippen LogP contribution in [-0.2, 0) is 30.9 Å². The molecule has 2 aromatic carbocycles. The minimum atomic E-state index is -3.91. The molecule has 0 aliphatic rings. The Kier molecular flexibility index (Phi) is 7.02. The van der Waals surface area contributed by atoms with Crippen molar-refractivity contribution >= 4 is 27.7 Å². The molecule has 0 bridgehead atoms. The number of Topliss-reactive ketones (excluding diaryl/α,β-unsaturated/α-hetero) is 1. The summed E-state index contributed by atoms with van der Waals surface area (Å²) in [6.45, 7) is 0.757. The first-order valence-corrected chi connectivity index (χ1v) is 9.65. The van der Waals surface area contributed by atoms with Crippen molar-refractivity contribution < 1.29 is 32.3 Å². The largest absolute Gasteiger partial charge is 0.465 e. The van der Waals surface area contributed by atoms with Crippen LogP contribution in [0.2, 0.25) is 0 Å². The molecule has 28 heavy (non-hydrogen) atoms. The van der Waals surface area contributed by atoms with Gasteiger partial charge in [-0.1, -0.05) is 24.3 Å². The lowest BCUT2D eigenvalue weighted by Crippen LogP contribution is -2.30. The highest BCUT2D eigenvalue weighted by atomic mass is 32.2. The van der Waals surface area contributed by atoms with Crippen LogP contribution in [0.25, 0.3) is 0 Å². The third kappa shape index (κ3) is 5.73. The number of methoxy groups -OCH3 is 1. The predicted molar refractivity (Wildman–Crippen MR) is 99.2 cm³/mol. The number of rotatable bonds is 8. The standard InChI is InChI=1S/C19H19NO7S/c1-13(21)15-7-9-17(10-8-15)28(24,25)20-11-18(22)27-12-14-3-5-16(6-4-14)19(23)26-2/h3-10,20H,11-12H2,1-2H3. The van der Waals surface area contributed by atoms with Gasteiger partial charge in [-0.05, 0) is 36.8 Å². The van der Waals surface area contributed by atoms with Gasteiger partial charge >= 0.3 is 11.9 Å². The van der Waals surface area contributed by atoms with Crippen molar-refractivity contribution in [2.24, 2.45) is 0 Å². The zero-order valence-corrected chi connectivity index (χ0v) is 16.1. The number of carbonyl (C=O) groups is 3. The minimum Gasteiger partial charge on any atom is -0.465 e. The fourth-order valence-corrected chi connectivity index (χ4v) is 3.14. The number of benzene rings is 2. The van der Waals surface area contributed by atoms with Gasteiger partial charge in [-0.2, -0.15) is 4.72 Å². The molecule has 2 aromatic rings. The van der Waals surface area contributed by atoms with Crippen LogP contribution in [0.1, 0.15) is 33.2 Å². The minimum absolute atomic E-state index is 0.0660. The monoisotopic (exact) mass is 405 g/mol. The van der Waals surface area contributed by atoms with E-state index in [2.05, 4.69) is 9.46 Å². The third-order valence-corrected chi connectivity index (χ3v) is 5.17. The van der Waals surface area contributed by atoms with E-state index in [1.165, 1.54) is 50.4 Å². The number of carbonyl (C=O) groups excluding carboxylic acids is 3. The lowest BCUT2D eigenvalue weighted by Gasteiger charge is -2.08. The van der Waals surface area contributed by atoms with E-state index >= 15 is 0 Å². The smallest absolute Gasteiger partial charge is 0.337 e. The summed E-state index contributed by atoms with van der Waals surface area (Å²) in [4.78, 5) is 34.3. The van der Waals surface area contributed by atoms with E-state index in [0.29, 0.717) is 16.7 Å². The molecule has 0 heterocycles. The number of hydrogen-bond donors (Lipinski definition) is 1. The van der Waals surface area contributed by atoms with Crippen molar-refractivity contribution in [2.45, 2.75) is 18.4 Å². The van der Waals surface area contributed by atoms with Crippen LogP contribution in [0.4, 0.5) is 0 Å². The van der Waals surface area contributed by atoms with Crippen LogP contribution in [0.5, 0.6) is 0 Å². The average Bonchev–Trinajstić information content (AvgIpc) is 2.70. The number of ether oxygens (including phenoxy) is 2. The first kappa shape index (κ1) is 21.3. The molecule has 0 spiro atoms. The Labute approximate surface area is 162 Å². The Hall–Kier alpha value is -3.04. The Morgan fingerprint density at radius 1 is 0.929 bits per heavy atom. The second-order valence-corrected chi connectivity index (χ2v) is 7.52. The SMILES string of the molecule is COC(=O)c1ccc(COC(=O)CNS(=O)(=O)c2ccc(C(C)=O)cc2)cc1. The first-order valence-electron chi connectivity index (χ1n) is 8.16. The van der Waals surface area contributed by atoms with Crippen molar-refractivity contribution in [3.8, 4) is 0 Å². The van der Waals surface area contributed by atoms with Gasteiger partial charge in [0.25, 0.3) is 0 Å². The molecule has 0 saturated carbocycles. The number of ketones is 1. The predicted octanol–water partition coefficient (Wildman–Crippen LogP) is 1.70. The first-order chi connectivity index (χ1) is 13.2. The number of hydrogen-bond acceptors (Lipinski definition) is 7. The highest BCUT2D eigenvalue weighted by Gasteiger charge is 2.16. The normalized spacial score (nSPS) is 10.9. The topological polar surface area (TPSA) is 116 Å². The van der Waals surface area contributed by atoms with Crippen molar-refractivity contribution in [2.75, 3.05) is 13.7 Å². The average molecular weight is 405 g/mol. The molecular weight excluding hydrogens is 386 g/mol. The molecule has 0 aromatic heterocycles. The molecule has 0 amide bonds. The molecule has 9 heteroatoms. The summed E-state index contributed by atoms with van der Waals surface area (Å²) in [7, 11) is -2.64. The zero-order valence-electron chi connectivity index (χ0n) is 15.3. The van der Waals surface area contributed by atoms with E-state index in [0.717, 1.165) is 0 Å². The summed E-state index contributed by atoms with van der Waals surface area (Å²) in [5.41, 5.74) is 1.38. The highest BCUT2D eigenvalue weighted by Crippen LogP contribution is 2.11.